The molecule has 150 valence electrons. The van der Waals surface area contributed by atoms with Crippen LogP contribution in [-0.2, 0) is 4.79 Å². The molecule has 1 aromatic carbocycles. The van der Waals surface area contributed by atoms with Crippen LogP contribution in [0.25, 0.3) is 0 Å². The predicted molar refractivity (Wildman–Crippen MR) is 97.2 cm³/mol. The maximum Gasteiger partial charge on any atom is 0.471 e. The van der Waals surface area contributed by atoms with Crippen LogP contribution in [0.1, 0.15) is 50.1 Å². The number of carbonyl (C=O) groups is 1. The van der Waals surface area contributed by atoms with Crippen molar-refractivity contribution in [1.29, 1.82) is 0 Å². The van der Waals surface area contributed by atoms with Gasteiger partial charge < -0.3 is 10.4 Å². The highest BCUT2D eigenvalue weighted by Crippen LogP contribution is 2.53. The summed E-state index contributed by atoms with van der Waals surface area (Å²) in [6.45, 7) is 0.000526. The molecule has 27 heavy (non-hydrogen) atoms. The van der Waals surface area contributed by atoms with Crippen molar-refractivity contribution in [3.63, 3.8) is 0 Å². The first-order valence-corrected chi connectivity index (χ1v) is 9.82. The summed E-state index contributed by atoms with van der Waals surface area (Å²) in [7, 11) is 0. The van der Waals surface area contributed by atoms with E-state index in [0.717, 1.165) is 25.7 Å². The number of halogens is 4. The fourth-order valence-electron chi connectivity index (χ4n) is 5.04. The Bertz CT molecular complexity index is 654. The average Bonchev–Trinajstić information content (AvgIpc) is 2.60. The largest absolute Gasteiger partial charge is 0.471 e. The molecule has 0 heterocycles. The number of aliphatic hydroxyl groups is 1. The van der Waals surface area contributed by atoms with Gasteiger partial charge in [0.15, 0.2) is 0 Å². The molecular weight excluding hydrogens is 379 g/mol. The summed E-state index contributed by atoms with van der Waals surface area (Å²) in [4.78, 5) is 11.2. The molecule has 3 rings (SSSR count). The second-order valence-corrected chi connectivity index (χ2v) is 8.80. The molecule has 2 aliphatic rings. The first-order chi connectivity index (χ1) is 12.7. The summed E-state index contributed by atoms with van der Waals surface area (Å²) in [5, 5.41) is 11.6. The SMILES string of the molecule is O=C(N[C@@H](c1ccccc1)[C@@H]1CCC2CC1C[C@](Cl)(CCO)C2)C(F)(F)F. The highest BCUT2D eigenvalue weighted by Gasteiger charge is 2.48. The van der Waals surface area contributed by atoms with Crippen LogP contribution in [-0.4, -0.2) is 28.7 Å². The molecule has 0 saturated heterocycles. The Kier molecular flexibility index (Phi) is 6.06. The summed E-state index contributed by atoms with van der Waals surface area (Å²) >= 11 is 6.74. The molecule has 3 nitrogen and oxygen atoms in total. The normalized spacial score (nSPS) is 32.0. The average molecular weight is 404 g/mol. The molecule has 2 fully saturated rings. The third-order valence-corrected chi connectivity index (χ3v) is 6.62. The summed E-state index contributed by atoms with van der Waals surface area (Å²) in [6.07, 6.45) is -0.380. The quantitative estimate of drug-likeness (QED) is 0.706. The Morgan fingerprint density at radius 1 is 1.26 bits per heavy atom. The lowest BCUT2D eigenvalue weighted by molar-refractivity contribution is -0.175. The lowest BCUT2D eigenvalue weighted by Crippen LogP contribution is -2.47. The second kappa shape index (κ2) is 8.00. The highest BCUT2D eigenvalue weighted by molar-refractivity contribution is 6.24. The second-order valence-electron chi connectivity index (χ2n) is 8.00. The van der Waals surface area contributed by atoms with Gasteiger partial charge in [-0.25, -0.2) is 0 Å². The lowest BCUT2D eigenvalue weighted by atomic mass is 9.60. The zero-order valence-electron chi connectivity index (χ0n) is 15.0. The van der Waals surface area contributed by atoms with Gasteiger partial charge in [-0.3, -0.25) is 4.79 Å². The Morgan fingerprint density at radius 3 is 2.59 bits per heavy atom. The van der Waals surface area contributed by atoms with E-state index in [9.17, 15) is 23.1 Å². The van der Waals surface area contributed by atoms with E-state index in [2.05, 4.69) is 5.32 Å². The molecule has 2 N–H and O–H groups in total. The molecule has 0 radical (unpaired) electrons. The minimum absolute atomic E-state index is 0.000526. The van der Waals surface area contributed by atoms with Crippen molar-refractivity contribution >= 4 is 17.5 Å². The van der Waals surface area contributed by atoms with E-state index in [1.165, 1.54) is 0 Å². The first kappa shape index (κ1) is 20.5. The molecule has 5 atom stereocenters. The number of hydrogen-bond acceptors (Lipinski definition) is 2. The van der Waals surface area contributed by atoms with Crippen LogP contribution in [0.15, 0.2) is 30.3 Å². The molecule has 2 saturated carbocycles. The van der Waals surface area contributed by atoms with Gasteiger partial charge in [-0.1, -0.05) is 36.8 Å². The standard InChI is InChI=1S/C20H25ClF3NO2/c21-19(8-9-26)11-13-6-7-16(15(10-13)12-19)17(14-4-2-1-3-5-14)25-18(27)20(22,23)24/h1-5,13,15-17,26H,6-12H2,(H,25,27)/t13?,15?,16-,17+,19+/m1/s1. The Labute approximate surface area is 162 Å². The van der Waals surface area contributed by atoms with Gasteiger partial charge in [-0.15, -0.1) is 11.6 Å². The van der Waals surface area contributed by atoms with Gasteiger partial charge in [0.1, 0.15) is 0 Å². The number of fused-ring (bicyclic) bond motifs is 2. The molecule has 7 heteroatoms. The van der Waals surface area contributed by atoms with Gasteiger partial charge >= 0.3 is 12.1 Å². The minimum Gasteiger partial charge on any atom is -0.396 e. The maximum absolute atomic E-state index is 12.9. The Balaban J connectivity index is 1.86. The number of aliphatic hydroxyl groups excluding tert-OH is 1. The van der Waals surface area contributed by atoms with Crippen LogP contribution in [0.5, 0.6) is 0 Å². The van der Waals surface area contributed by atoms with E-state index < -0.39 is 23.0 Å². The molecule has 1 aromatic rings. The van der Waals surface area contributed by atoms with Gasteiger partial charge in [-0.2, -0.15) is 13.2 Å². The van der Waals surface area contributed by atoms with Gasteiger partial charge in [0.2, 0.25) is 0 Å². The third kappa shape index (κ3) is 4.77. The Morgan fingerprint density at radius 2 is 1.96 bits per heavy atom. The zero-order valence-corrected chi connectivity index (χ0v) is 15.8. The molecule has 2 bridgehead atoms. The van der Waals surface area contributed by atoms with Crippen molar-refractivity contribution in [2.24, 2.45) is 17.8 Å². The molecule has 0 spiro atoms. The van der Waals surface area contributed by atoms with E-state index in [1.807, 2.05) is 0 Å². The first-order valence-electron chi connectivity index (χ1n) is 9.44. The number of hydrogen-bond donors (Lipinski definition) is 2. The van der Waals surface area contributed by atoms with E-state index in [1.54, 1.807) is 30.3 Å². The highest BCUT2D eigenvalue weighted by atomic mass is 35.5. The molecular formula is C20H25ClF3NO2. The van der Waals surface area contributed by atoms with Crippen LogP contribution in [0.2, 0.25) is 0 Å². The van der Waals surface area contributed by atoms with E-state index in [0.29, 0.717) is 24.3 Å². The van der Waals surface area contributed by atoms with Crippen molar-refractivity contribution in [2.45, 2.75) is 55.6 Å². The molecule has 0 aliphatic heterocycles. The monoisotopic (exact) mass is 403 g/mol. The van der Waals surface area contributed by atoms with E-state index in [4.69, 9.17) is 11.6 Å². The number of rotatable bonds is 5. The van der Waals surface area contributed by atoms with E-state index in [-0.39, 0.29) is 18.4 Å². The van der Waals surface area contributed by atoms with Crippen LogP contribution >= 0.6 is 11.6 Å². The molecule has 1 amide bonds. The van der Waals surface area contributed by atoms with Crippen molar-refractivity contribution in [2.75, 3.05) is 6.61 Å². The number of carbonyl (C=O) groups excluding carboxylic acids is 1. The van der Waals surface area contributed by atoms with Crippen molar-refractivity contribution < 1.29 is 23.1 Å². The van der Waals surface area contributed by atoms with Crippen LogP contribution in [0.3, 0.4) is 0 Å². The van der Waals surface area contributed by atoms with Gasteiger partial charge in [0.25, 0.3) is 0 Å². The summed E-state index contributed by atoms with van der Waals surface area (Å²) in [5.41, 5.74) is 0.687. The minimum atomic E-state index is -4.91. The fourth-order valence-corrected chi connectivity index (χ4v) is 5.54. The van der Waals surface area contributed by atoms with Gasteiger partial charge in [0.05, 0.1) is 6.04 Å². The molecule has 2 unspecified atom stereocenters. The predicted octanol–water partition coefficient (Wildman–Crippen LogP) is 4.59. The number of amides is 1. The van der Waals surface area contributed by atoms with Crippen LogP contribution in [0, 0.1) is 17.8 Å². The third-order valence-electron chi connectivity index (χ3n) is 6.12. The Hall–Kier alpha value is -1.27. The number of nitrogens with one attached hydrogen (secondary N) is 1. The lowest BCUT2D eigenvalue weighted by Gasteiger charge is -2.49. The maximum atomic E-state index is 12.9. The topological polar surface area (TPSA) is 49.3 Å². The summed E-state index contributed by atoms with van der Waals surface area (Å²) in [5.74, 6) is -1.45. The smallest absolute Gasteiger partial charge is 0.396 e. The van der Waals surface area contributed by atoms with Crippen molar-refractivity contribution in [3.8, 4) is 0 Å². The summed E-state index contributed by atoms with van der Waals surface area (Å²) in [6, 6.07) is 8.17. The van der Waals surface area contributed by atoms with Gasteiger partial charge in [0, 0.05) is 11.5 Å². The van der Waals surface area contributed by atoms with Crippen LogP contribution in [0.4, 0.5) is 13.2 Å². The zero-order chi connectivity index (χ0) is 19.7. The van der Waals surface area contributed by atoms with Crippen LogP contribution < -0.4 is 5.32 Å². The molecule has 2 aliphatic carbocycles. The molecule has 0 aromatic heterocycles. The number of alkyl halides is 4. The van der Waals surface area contributed by atoms with Crippen molar-refractivity contribution in [1.82, 2.24) is 5.32 Å². The number of benzene rings is 1. The van der Waals surface area contributed by atoms with Crippen molar-refractivity contribution in [3.05, 3.63) is 35.9 Å². The fraction of sp³-hybridized carbons (Fsp3) is 0.650. The summed E-state index contributed by atoms with van der Waals surface area (Å²) < 4.78 is 38.7. The van der Waals surface area contributed by atoms with Gasteiger partial charge in [-0.05, 0) is 55.4 Å². The van der Waals surface area contributed by atoms with E-state index >= 15 is 0 Å².